The number of hydrogen-bond donors (Lipinski definition) is 2. The summed E-state index contributed by atoms with van der Waals surface area (Å²) in [7, 11) is 0. The minimum atomic E-state index is 0.147. The number of imidazole rings is 1. The number of rotatable bonds is 3. The summed E-state index contributed by atoms with van der Waals surface area (Å²) in [6.07, 6.45) is 4.34. The Bertz CT molecular complexity index is 818. The van der Waals surface area contributed by atoms with Crippen molar-refractivity contribution in [2.45, 2.75) is 25.8 Å². The number of fused-ring (bicyclic) bond motifs is 1. The lowest BCUT2D eigenvalue weighted by atomic mass is 10.2. The molecule has 4 rings (SSSR count). The zero-order valence-corrected chi connectivity index (χ0v) is 12.3. The molecule has 5 nitrogen and oxygen atoms in total. The van der Waals surface area contributed by atoms with Crippen molar-refractivity contribution in [1.82, 2.24) is 19.7 Å². The first-order valence-electron chi connectivity index (χ1n) is 7.05. The summed E-state index contributed by atoms with van der Waals surface area (Å²) in [4.78, 5) is 7.89. The van der Waals surface area contributed by atoms with Gasteiger partial charge in [0.25, 0.3) is 0 Å². The largest absolute Gasteiger partial charge is 0.508 e. The summed E-state index contributed by atoms with van der Waals surface area (Å²) in [5.41, 5.74) is 2.53. The Balaban J connectivity index is 1.80. The van der Waals surface area contributed by atoms with E-state index in [1.807, 2.05) is 4.68 Å². The van der Waals surface area contributed by atoms with E-state index in [0.29, 0.717) is 22.8 Å². The summed E-state index contributed by atoms with van der Waals surface area (Å²) in [6.45, 7) is 2.19. The molecule has 1 aliphatic rings. The maximum absolute atomic E-state index is 9.44. The van der Waals surface area contributed by atoms with Gasteiger partial charge in [0.05, 0.1) is 17.3 Å². The van der Waals surface area contributed by atoms with Crippen LogP contribution in [0.5, 0.6) is 5.75 Å². The van der Waals surface area contributed by atoms with E-state index >= 15 is 0 Å². The molecule has 21 heavy (non-hydrogen) atoms. The van der Waals surface area contributed by atoms with Crippen LogP contribution in [0.25, 0.3) is 22.6 Å². The number of aromatic amines is 1. The summed E-state index contributed by atoms with van der Waals surface area (Å²) in [5, 5.41) is 14.4. The lowest BCUT2D eigenvalue weighted by molar-refractivity contribution is 0.451. The summed E-state index contributed by atoms with van der Waals surface area (Å²) in [6, 6.07) is 5.25. The smallest absolute Gasteiger partial charge is 0.177 e. The number of aromatic nitrogens is 4. The second-order valence-electron chi connectivity index (χ2n) is 5.65. The predicted molar refractivity (Wildman–Crippen MR) is 81.4 cm³/mol. The van der Waals surface area contributed by atoms with Gasteiger partial charge < -0.3 is 10.1 Å². The maximum atomic E-state index is 9.44. The standard InChI is InChI=1S/C15H15ClN4O/c1-8(9-2-3-9)20-15-13(7-17-20)18-14(19-15)11-5-4-10(21)6-12(11)16/h4-9,21H,2-3H2,1H3,(H,18,19)/t8-/m1/s1. The van der Waals surface area contributed by atoms with Crippen molar-refractivity contribution in [2.75, 3.05) is 0 Å². The monoisotopic (exact) mass is 302 g/mol. The van der Waals surface area contributed by atoms with E-state index in [1.54, 1.807) is 18.3 Å². The molecule has 1 aliphatic carbocycles. The van der Waals surface area contributed by atoms with Crippen molar-refractivity contribution < 1.29 is 5.11 Å². The molecule has 0 unspecified atom stereocenters. The lowest BCUT2D eigenvalue weighted by Crippen LogP contribution is -2.08. The van der Waals surface area contributed by atoms with Crippen LogP contribution in [0.3, 0.4) is 0 Å². The molecule has 108 valence electrons. The van der Waals surface area contributed by atoms with Gasteiger partial charge in [-0.1, -0.05) is 11.6 Å². The van der Waals surface area contributed by atoms with Gasteiger partial charge >= 0.3 is 0 Å². The Morgan fingerprint density at radius 2 is 2.24 bits per heavy atom. The summed E-state index contributed by atoms with van der Waals surface area (Å²) < 4.78 is 1.99. The lowest BCUT2D eigenvalue weighted by Gasteiger charge is -2.10. The average molecular weight is 303 g/mol. The molecule has 1 fully saturated rings. The quantitative estimate of drug-likeness (QED) is 0.774. The normalized spacial score (nSPS) is 16.5. The third-order valence-corrected chi connectivity index (χ3v) is 4.45. The van der Waals surface area contributed by atoms with Crippen LogP contribution in [-0.4, -0.2) is 24.9 Å². The SMILES string of the molecule is C[C@H](C1CC1)n1ncc2[nH]c(-c3ccc(O)cc3Cl)nc21. The van der Waals surface area contributed by atoms with Crippen LogP contribution in [0.4, 0.5) is 0 Å². The van der Waals surface area contributed by atoms with E-state index < -0.39 is 0 Å². The Kier molecular flexibility index (Phi) is 2.72. The highest BCUT2D eigenvalue weighted by atomic mass is 35.5. The molecular formula is C15H15ClN4O. The van der Waals surface area contributed by atoms with Gasteiger partial charge in [-0.25, -0.2) is 9.67 Å². The molecule has 1 aromatic carbocycles. The zero-order chi connectivity index (χ0) is 14.6. The number of nitrogens with zero attached hydrogens (tertiary/aromatic N) is 3. The van der Waals surface area contributed by atoms with Crippen LogP contribution in [-0.2, 0) is 0 Å². The number of aromatic hydroxyl groups is 1. The third kappa shape index (κ3) is 2.08. The molecule has 1 atom stereocenters. The minimum absolute atomic E-state index is 0.147. The summed E-state index contributed by atoms with van der Waals surface area (Å²) in [5.74, 6) is 1.56. The number of benzene rings is 1. The van der Waals surface area contributed by atoms with Gasteiger partial charge in [0, 0.05) is 5.56 Å². The van der Waals surface area contributed by atoms with E-state index in [0.717, 1.165) is 16.7 Å². The van der Waals surface area contributed by atoms with Gasteiger partial charge in [-0.05, 0) is 43.9 Å². The molecule has 6 heteroatoms. The van der Waals surface area contributed by atoms with Crippen LogP contribution >= 0.6 is 11.6 Å². The molecule has 0 spiro atoms. The fraction of sp³-hybridized carbons (Fsp3) is 0.333. The van der Waals surface area contributed by atoms with E-state index in [1.165, 1.54) is 18.9 Å². The minimum Gasteiger partial charge on any atom is -0.508 e. The van der Waals surface area contributed by atoms with Gasteiger partial charge in [0.15, 0.2) is 5.65 Å². The number of hydrogen-bond acceptors (Lipinski definition) is 3. The van der Waals surface area contributed by atoms with E-state index in [-0.39, 0.29) is 5.75 Å². The van der Waals surface area contributed by atoms with Gasteiger partial charge in [-0.3, -0.25) is 0 Å². The molecule has 2 aromatic heterocycles. The highest BCUT2D eigenvalue weighted by molar-refractivity contribution is 6.33. The van der Waals surface area contributed by atoms with Crippen LogP contribution in [0.1, 0.15) is 25.8 Å². The zero-order valence-electron chi connectivity index (χ0n) is 11.5. The molecule has 0 amide bonds. The fourth-order valence-corrected chi connectivity index (χ4v) is 2.98. The van der Waals surface area contributed by atoms with Crippen LogP contribution in [0, 0.1) is 5.92 Å². The fourth-order valence-electron chi connectivity index (χ4n) is 2.72. The van der Waals surface area contributed by atoms with E-state index in [9.17, 15) is 5.11 Å². The van der Waals surface area contributed by atoms with Gasteiger partial charge in [0.2, 0.25) is 0 Å². The van der Waals surface area contributed by atoms with Gasteiger partial charge in [-0.15, -0.1) is 0 Å². The van der Waals surface area contributed by atoms with Crippen LogP contribution < -0.4 is 0 Å². The molecule has 2 heterocycles. The molecule has 1 saturated carbocycles. The Morgan fingerprint density at radius 1 is 1.43 bits per heavy atom. The Hall–Kier alpha value is -2.01. The summed E-state index contributed by atoms with van der Waals surface area (Å²) >= 11 is 6.18. The third-order valence-electron chi connectivity index (χ3n) is 4.14. The molecule has 2 N–H and O–H groups in total. The Labute approximate surface area is 126 Å². The number of halogens is 1. The van der Waals surface area contributed by atoms with Gasteiger partial charge in [0.1, 0.15) is 17.1 Å². The van der Waals surface area contributed by atoms with Crippen LogP contribution in [0.15, 0.2) is 24.4 Å². The van der Waals surface area contributed by atoms with Crippen LogP contribution in [0.2, 0.25) is 5.02 Å². The second-order valence-corrected chi connectivity index (χ2v) is 6.06. The highest BCUT2D eigenvalue weighted by Gasteiger charge is 2.31. The number of phenolic OH excluding ortho intramolecular Hbond substituents is 1. The molecule has 0 bridgehead atoms. The van der Waals surface area contributed by atoms with Crippen molar-refractivity contribution in [3.05, 3.63) is 29.4 Å². The first kappa shape index (κ1) is 12.7. The van der Waals surface area contributed by atoms with Gasteiger partial charge in [-0.2, -0.15) is 5.10 Å². The topological polar surface area (TPSA) is 66.7 Å². The second kappa shape index (κ2) is 4.49. The highest BCUT2D eigenvalue weighted by Crippen LogP contribution is 2.40. The molecule has 0 radical (unpaired) electrons. The number of H-pyrrole nitrogens is 1. The van der Waals surface area contributed by atoms with E-state index in [2.05, 4.69) is 22.0 Å². The van der Waals surface area contributed by atoms with Crippen molar-refractivity contribution in [1.29, 1.82) is 0 Å². The Morgan fingerprint density at radius 3 is 2.95 bits per heavy atom. The maximum Gasteiger partial charge on any atom is 0.177 e. The molecular weight excluding hydrogens is 288 g/mol. The first-order chi connectivity index (χ1) is 10.1. The van der Waals surface area contributed by atoms with Crippen molar-refractivity contribution in [2.24, 2.45) is 5.92 Å². The van der Waals surface area contributed by atoms with Crippen molar-refractivity contribution >= 4 is 22.8 Å². The molecule has 0 saturated heterocycles. The molecule has 3 aromatic rings. The van der Waals surface area contributed by atoms with E-state index in [4.69, 9.17) is 11.6 Å². The molecule has 0 aliphatic heterocycles. The van der Waals surface area contributed by atoms with Crippen molar-refractivity contribution in [3.8, 4) is 17.1 Å². The van der Waals surface area contributed by atoms with Crippen molar-refractivity contribution in [3.63, 3.8) is 0 Å². The number of phenols is 1. The average Bonchev–Trinajstić information content (AvgIpc) is 3.10. The number of nitrogens with one attached hydrogen (secondary N) is 1. The first-order valence-corrected chi connectivity index (χ1v) is 7.43. The predicted octanol–water partition coefficient (Wildman–Crippen LogP) is 3.76.